The number of rotatable bonds is 9. The number of hydrogen-bond donors (Lipinski definition) is 1. The number of benzene rings is 2. The van der Waals surface area contributed by atoms with Gasteiger partial charge in [-0.1, -0.05) is 5.21 Å². The summed E-state index contributed by atoms with van der Waals surface area (Å²) in [5, 5.41) is 17.4. The van der Waals surface area contributed by atoms with Crippen LogP contribution in [0.4, 0.5) is 13.2 Å². The first-order chi connectivity index (χ1) is 19.6. The van der Waals surface area contributed by atoms with Crippen LogP contribution in [0, 0.1) is 23.7 Å². The van der Waals surface area contributed by atoms with Gasteiger partial charge in [0, 0.05) is 24.7 Å². The van der Waals surface area contributed by atoms with Crippen molar-refractivity contribution in [3.8, 4) is 5.75 Å². The lowest BCUT2D eigenvalue weighted by Crippen LogP contribution is -2.34. The average molecular weight is 574 g/mol. The molecule has 3 atom stereocenters. The number of carbonyl (C=O) groups is 2. The lowest BCUT2D eigenvalue weighted by atomic mass is 9.84. The van der Waals surface area contributed by atoms with Crippen molar-refractivity contribution < 1.29 is 37.3 Å². The zero-order chi connectivity index (χ0) is 29.1. The molecule has 2 aromatic carbocycles. The SMILES string of the molecule is O=C(c1ccc(OCCC2CCOCC2)cc1)C1CCC(Cn2nnc3ccc(C(F)(F)F)cc3c2=O)C1C(=O)O. The van der Waals surface area contributed by atoms with E-state index in [0.717, 1.165) is 55.4 Å². The number of ketones is 1. The molecule has 41 heavy (non-hydrogen) atoms. The lowest BCUT2D eigenvalue weighted by molar-refractivity contribution is -0.144. The molecule has 5 rings (SSSR count). The Labute approximate surface area is 233 Å². The van der Waals surface area contributed by atoms with Crippen molar-refractivity contribution in [3.63, 3.8) is 0 Å². The molecular weight excluding hydrogens is 543 g/mol. The summed E-state index contributed by atoms with van der Waals surface area (Å²) in [5.41, 5.74) is -1.43. The molecule has 0 bridgehead atoms. The molecule has 2 fully saturated rings. The van der Waals surface area contributed by atoms with Gasteiger partial charge in [-0.05, 0) is 86.4 Å². The van der Waals surface area contributed by atoms with E-state index in [-0.39, 0.29) is 29.7 Å². The fraction of sp³-hybridized carbons (Fsp3) is 0.483. The molecule has 0 spiro atoms. The van der Waals surface area contributed by atoms with Gasteiger partial charge in [0.05, 0.1) is 30.0 Å². The van der Waals surface area contributed by atoms with E-state index in [9.17, 15) is 32.7 Å². The number of hydrogen-bond acceptors (Lipinski definition) is 7. The van der Waals surface area contributed by atoms with Crippen LogP contribution < -0.4 is 10.3 Å². The van der Waals surface area contributed by atoms with Gasteiger partial charge in [0.25, 0.3) is 5.56 Å². The Hall–Kier alpha value is -3.80. The van der Waals surface area contributed by atoms with E-state index in [1.807, 2.05) is 0 Å². The average Bonchev–Trinajstić information content (AvgIpc) is 3.38. The molecule has 2 heterocycles. The number of halogens is 3. The predicted molar refractivity (Wildman–Crippen MR) is 141 cm³/mol. The maximum absolute atomic E-state index is 13.3. The van der Waals surface area contributed by atoms with Gasteiger partial charge in [0.2, 0.25) is 0 Å². The first-order valence-corrected chi connectivity index (χ1v) is 13.6. The van der Waals surface area contributed by atoms with E-state index < -0.39 is 41.0 Å². The van der Waals surface area contributed by atoms with Crippen molar-refractivity contribution in [1.29, 1.82) is 0 Å². The second-order valence-electron chi connectivity index (χ2n) is 10.7. The van der Waals surface area contributed by atoms with Crippen LogP contribution in [0.2, 0.25) is 0 Å². The van der Waals surface area contributed by atoms with Crippen molar-refractivity contribution in [2.24, 2.45) is 23.7 Å². The maximum atomic E-state index is 13.3. The predicted octanol–water partition coefficient (Wildman–Crippen LogP) is 4.62. The zero-order valence-corrected chi connectivity index (χ0v) is 22.2. The number of aromatic nitrogens is 3. The van der Waals surface area contributed by atoms with Crippen LogP contribution in [-0.4, -0.2) is 51.7 Å². The van der Waals surface area contributed by atoms with Gasteiger partial charge in [0.1, 0.15) is 11.3 Å². The molecule has 1 N–H and O–H groups in total. The van der Waals surface area contributed by atoms with Crippen molar-refractivity contribution in [3.05, 3.63) is 63.9 Å². The molecule has 218 valence electrons. The maximum Gasteiger partial charge on any atom is 0.416 e. The highest BCUT2D eigenvalue weighted by Gasteiger charge is 2.45. The molecular formula is C29H30F3N3O6. The standard InChI is InChI=1S/C29H30F3N3O6/c30-29(31,32)20-4-8-24-23(15-20)27(37)35(34-33-24)16-19-3-7-22(25(19)28(38)39)26(36)18-1-5-21(6-2-18)41-14-11-17-9-12-40-13-10-17/h1-2,4-6,8,15,17,19,22,25H,3,7,9-14,16H2,(H,38,39). The highest BCUT2D eigenvalue weighted by atomic mass is 19.4. The number of aliphatic carboxylic acids is 1. The minimum atomic E-state index is -4.64. The first-order valence-electron chi connectivity index (χ1n) is 13.6. The molecule has 0 amide bonds. The molecule has 9 nitrogen and oxygen atoms in total. The molecule has 1 aliphatic carbocycles. The molecule has 1 aromatic heterocycles. The number of carboxylic acids is 1. The number of fused-ring (bicyclic) bond motifs is 1. The van der Waals surface area contributed by atoms with E-state index in [1.54, 1.807) is 24.3 Å². The lowest BCUT2D eigenvalue weighted by Gasteiger charge is -2.22. The number of carbonyl (C=O) groups excluding carboxylic acids is 1. The highest BCUT2D eigenvalue weighted by Crippen LogP contribution is 2.40. The Morgan fingerprint density at radius 3 is 2.46 bits per heavy atom. The van der Waals surface area contributed by atoms with Gasteiger partial charge < -0.3 is 14.6 Å². The Morgan fingerprint density at radius 2 is 1.78 bits per heavy atom. The van der Waals surface area contributed by atoms with Crippen LogP contribution in [0.1, 0.15) is 48.0 Å². The quantitative estimate of drug-likeness (QED) is 0.369. The van der Waals surface area contributed by atoms with E-state index in [4.69, 9.17) is 9.47 Å². The number of carboxylic acid groups (broad SMARTS) is 1. The van der Waals surface area contributed by atoms with Crippen molar-refractivity contribution >= 4 is 22.7 Å². The summed E-state index contributed by atoms with van der Waals surface area (Å²) < 4.78 is 51.6. The normalized spacial score (nSPS) is 21.7. The molecule has 1 saturated heterocycles. The number of nitrogens with zero attached hydrogens (tertiary/aromatic N) is 3. The third-order valence-corrected chi connectivity index (χ3v) is 8.14. The largest absolute Gasteiger partial charge is 0.494 e. The minimum Gasteiger partial charge on any atom is -0.494 e. The topological polar surface area (TPSA) is 121 Å². The molecule has 1 saturated carbocycles. The Balaban J connectivity index is 1.26. The summed E-state index contributed by atoms with van der Waals surface area (Å²) in [7, 11) is 0. The number of Topliss-reactive ketones (excluding diaryl/α,β-unsaturated/α-hetero) is 1. The van der Waals surface area contributed by atoms with E-state index in [2.05, 4.69) is 10.3 Å². The van der Waals surface area contributed by atoms with Crippen molar-refractivity contribution in [2.75, 3.05) is 19.8 Å². The second-order valence-corrected chi connectivity index (χ2v) is 10.7. The Bertz CT molecular complexity index is 1470. The van der Waals surface area contributed by atoms with Crippen molar-refractivity contribution in [1.82, 2.24) is 15.0 Å². The van der Waals surface area contributed by atoms with Crippen LogP contribution >= 0.6 is 0 Å². The van der Waals surface area contributed by atoms with E-state index in [0.29, 0.717) is 30.3 Å². The van der Waals surface area contributed by atoms with Gasteiger partial charge in [0.15, 0.2) is 5.78 Å². The van der Waals surface area contributed by atoms with Crippen LogP contribution in [0.5, 0.6) is 5.75 Å². The molecule has 12 heteroatoms. The Morgan fingerprint density at radius 1 is 1.05 bits per heavy atom. The molecule has 2 aliphatic rings. The summed E-state index contributed by atoms with van der Waals surface area (Å²) in [4.78, 5) is 38.6. The van der Waals surface area contributed by atoms with Gasteiger partial charge in [-0.15, -0.1) is 5.10 Å². The molecule has 1 aliphatic heterocycles. The zero-order valence-electron chi connectivity index (χ0n) is 22.2. The summed E-state index contributed by atoms with van der Waals surface area (Å²) in [6.45, 7) is 1.92. The van der Waals surface area contributed by atoms with E-state index >= 15 is 0 Å². The van der Waals surface area contributed by atoms with Crippen LogP contribution in [-0.2, 0) is 22.3 Å². The minimum absolute atomic E-state index is 0.00419. The van der Waals surface area contributed by atoms with Crippen LogP contribution in [0.3, 0.4) is 0 Å². The summed E-state index contributed by atoms with van der Waals surface area (Å²) in [6, 6.07) is 9.24. The van der Waals surface area contributed by atoms with Gasteiger partial charge in [-0.3, -0.25) is 14.4 Å². The fourth-order valence-electron chi connectivity index (χ4n) is 5.86. The molecule has 3 aromatic rings. The molecule has 0 radical (unpaired) electrons. The van der Waals surface area contributed by atoms with Crippen molar-refractivity contribution in [2.45, 2.75) is 44.8 Å². The van der Waals surface area contributed by atoms with Crippen LogP contribution in [0.25, 0.3) is 10.9 Å². The van der Waals surface area contributed by atoms with Gasteiger partial charge in [-0.2, -0.15) is 13.2 Å². The van der Waals surface area contributed by atoms with E-state index in [1.165, 1.54) is 0 Å². The second kappa shape index (κ2) is 12.0. The summed E-state index contributed by atoms with van der Waals surface area (Å²) in [5.74, 6) is -2.86. The first kappa shape index (κ1) is 28.7. The molecule has 3 unspecified atom stereocenters. The Kier molecular flexibility index (Phi) is 8.39. The summed E-state index contributed by atoms with van der Waals surface area (Å²) >= 11 is 0. The third-order valence-electron chi connectivity index (χ3n) is 8.14. The highest BCUT2D eigenvalue weighted by molar-refractivity contribution is 6.00. The van der Waals surface area contributed by atoms with Gasteiger partial charge in [-0.25, -0.2) is 4.68 Å². The third kappa shape index (κ3) is 6.42. The number of ether oxygens (including phenoxy) is 2. The van der Waals surface area contributed by atoms with Crippen LogP contribution in [0.15, 0.2) is 47.3 Å². The fourth-order valence-corrected chi connectivity index (χ4v) is 5.86. The number of alkyl halides is 3. The smallest absolute Gasteiger partial charge is 0.416 e. The van der Waals surface area contributed by atoms with Gasteiger partial charge >= 0.3 is 12.1 Å². The monoisotopic (exact) mass is 573 g/mol. The summed E-state index contributed by atoms with van der Waals surface area (Å²) in [6.07, 6.45) is -1.07.